The van der Waals surface area contributed by atoms with Crippen molar-refractivity contribution < 1.29 is 0 Å². The second-order valence-corrected chi connectivity index (χ2v) is 5.66. The normalized spacial score (nSPS) is 12.5. The van der Waals surface area contributed by atoms with Gasteiger partial charge in [-0.25, -0.2) is 0 Å². The predicted molar refractivity (Wildman–Crippen MR) is 88.8 cm³/mol. The molecular formula is C18H17ClN2. The summed E-state index contributed by atoms with van der Waals surface area (Å²) in [6, 6.07) is 14.6. The van der Waals surface area contributed by atoms with Gasteiger partial charge in [-0.3, -0.25) is 4.98 Å². The third-order valence-electron chi connectivity index (χ3n) is 3.71. The van der Waals surface area contributed by atoms with Crippen LogP contribution in [0.1, 0.15) is 22.7 Å². The summed E-state index contributed by atoms with van der Waals surface area (Å²) < 4.78 is 0. The molecule has 0 bridgehead atoms. The monoisotopic (exact) mass is 296 g/mol. The molecule has 0 saturated carbocycles. The zero-order chi connectivity index (χ0) is 14.8. The molecule has 1 aromatic heterocycles. The van der Waals surface area contributed by atoms with Crippen LogP contribution in [0.15, 0.2) is 54.9 Å². The van der Waals surface area contributed by atoms with Crippen molar-refractivity contribution in [2.45, 2.75) is 13.0 Å². The summed E-state index contributed by atoms with van der Waals surface area (Å²) in [5.41, 5.74) is 3.54. The van der Waals surface area contributed by atoms with Gasteiger partial charge in [0.15, 0.2) is 0 Å². The van der Waals surface area contributed by atoms with Crippen LogP contribution in [0.2, 0.25) is 5.02 Å². The molecule has 0 aliphatic carbocycles. The molecule has 0 amide bonds. The number of rotatable bonds is 3. The summed E-state index contributed by atoms with van der Waals surface area (Å²) in [6.45, 7) is 2.06. The first-order valence-electron chi connectivity index (χ1n) is 6.96. The van der Waals surface area contributed by atoms with Crippen molar-refractivity contribution in [1.82, 2.24) is 10.3 Å². The van der Waals surface area contributed by atoms with Crippen molar-refractivity contribution >= 4 is 22.4 Å². The van der Waals surface area contributed by atoms with Crippen LogP contribution in [0.3, 0.4) is 0 Å². The maximum absolute atomic E-state index is 6.22. The summed E-state index contributed by atoms with van der Waals surface area (Å²) in [6.07, 6.45) is 3.75. The van der Waals surface area contributed by atoms with Crippen molar-refractivity contribution in [1.29, 1.82) is 0 Å². The van der Waals surface area contributed by atoms with E-state index in [4.69, 9.17) is 11.6 Å². The molecule has 3 aromatic rings. The number of pyridine rings is 1. The van der Waals surface area contributed by atoms with Gasteiger partial charge in [-0.15, -0.1) is 0 Å². The Balaban J connectivity index is 2.18. The van der Waals surface area contributed by atoms with E-state index in [1.807, 2.05) is 37.6 Å². The molecule has 0 fully saturated rings. The van der Waals surface area contributed by atoms with E-state index in [9.17, 15) is 0 Å². The first-order chi connectivity index (χ1) is 10.2. The van der Waals surface area contributed by atoms with E-state index in [0.29, 0.717) is 0 Å². The van der Waals surface area contributed by atoms with Crippen LogP contribution in [-0.2, 0) is 0 Å². The first kappa shape index (κ1) is 14.1. The van der Waals surface area contributed by atoms with Gasteiger partial charge in [0.2, 0.25) is 0 Å². The van der Waals surface area contributed by atoms with E-state index in [0.717, 1.165) is 16.0 Å². The highest BCUT2D eigenvalue weighted by atomic mass is 35.5. The number of halogens is 1. The van der Waals surface area contributed by atoms with Gasteiger partial charge in [0.05, 0.1) is 6.04 Å². The lowest BCUT2D eigenvalue weighted by Gasteiger charge is -2.20. The van der Waals surface area contributed by atoms with E-state index in [2.05, 4.69) is 41.5 Å². The van der Waals surface area contributed by atoms with Gasteiger partial charge in [-0.2, -0.15) is 0 Å². The number of nitrogens with zero attached hydrogens (tertiary/aromatic N) is 1. The number of hydrogen-bond acceptors (Lipinski definition) is 2. The third kappa shape index (κ3) is 2.78. The highest BCUT2D eigenvalue weighted by Gasteiger charge is 2.15. The van der Waals surface area contributed by atoms with Crippen LogP contribution in [0.5, 0.6) is 0 Å². The lowest BCUT2D eigenvalue weighted by molar-refractivity contribution is 0.696. The molecule has 0 aliphatic heterocycles. The molecule has 3 rings (SSSR count). The quantitative estimate of drug-likeness (QED) is 0.769. The van der Waals surface area contributed by atoms with Gasteiger partial charge in [-0.05, 0) is 54.2 Å². The highest BCUT2D eigenvalue weighted by Crippen LogP contribution is 2.30. The molecule has 21 heavy (non-hydrogen) atoms. The van der Waals surface area contributed by atoms with E-state index in [1.54, 1.807) is 0 Å². The van der Waals surface area contributed by atoms with E-state index in [-0.39, 0.29) is 6.04 Å². The number of aromatic nitrogens is 1. The van der Waals surface area contributed by atoms with Crippen LogP contribution in [-0.4, -0.2) is 12.0 Å². The van der Waals surface area contributed by atoms with Crippen LogP contribution < -0.4 is 5.32 Å². The minimum atomic E-state index is 0.0929. The van der Waals surface area contributed by atoms with Gasteiger partial charge in [0.25, 0.3) is 0 Å². The topological polar surface area (TPSA) is 24.9 Å². The van der Waals surface area contributed by atoms with Gasteiger partial charge in [-0.1, -0.05) is 35.9 Å². The van der Waals surface area contributed by atoms with Crippen molar-refractivity contribution in [2.75, 3.05) is 7.05 Å². The lowest BCUT2D eigenvalue weighted by Crippen LogP contribution is -2.18. The van der Waals surface area contributed by atoms with Crippen molar-refractivity contribution in [3.05, 3.63) is 76.6 Å². The highest BCUT2D eigenvalue weighted by molar-refractivity contribution is 6.30. The molecule has 1 atom stereocenters. The van der Waals surface area contributed by atoms with Gasteiger partial charge in [0.1, 0.15) is 0 Å². The first-order valence-corrected chi connectivity index (χ1v) is 7.34. The molecule has 0 radical (unpaired) electrons. The minimum Gasteiger partial charge on any atom is -0.309 e. The molecule has 1 heterocycles. The Morgan fingerprint density at radius 3 is 2.76 bits per heavy atom. The SMILES string of the molecule is CNC(c1cc(C)cc(Cl)c1)c1cccc2ccncc12. The maximum Gasteiger partial charge on any atom is 0.0581 e. The fraction of sp³-hybridized carbons (Fsp3) is 0.167. The largest absolute Gasteiger partial charge is 0.309 e. The molecule has 1 N–H and O–H groups in total. The summed E-state index contributed by atoms with van der Waals surface area (Å²) in [5.74, 6) is 0. The Morgan fingerprint density at radius 1 is 1.14 bits per heavy atom. The minimum absolute atomic E-state index is 0.0929. The number of nitrogens with one attached hydrogen (secondary N) is 1. The fourth-order valence-electron chi connectivity index (χ4n) is 2.82. The summed E-state index contributed by atoms with van der Waals surface area (Å²) >= 11 is 6.22. The average Bonchev–Trinajstić information content (AvgIpc) is 2.47. The molecule has 2 aromatic carbocycles. The molecule has 0 saturated heterocycles. The number of benzene rings is 2. The fourth-order valence-corrected chi connectivity index (χ4v) is 3.12. The second-order valence-electron chi connectivity index (χ2n) is 5.23. The molecule has 0 aliphatic rings. The van der Waals surface area contributed by atoms with E-state index < -0.39 is 0 Å². The lowest BCUT2D eigenvalue weighted by atomic mass is 9.94. The third-order valence-corrected chi connectivity index (χ3v) is 3.93. The Bertz CT molecular complexity index is 758. The summed E-state index contributed by atoms with van der Waals surface area (Å²) in [4.78, 5) is 4.27. The van der Waals surface area contributed by atoms with Crippen molar-refractivity contribution in [3.8, 4) is 0 Å². The molecule has 2 nitrogen and oxygen atoms in total. The zero-order valence-electron chi connectivity index (χ0n) is 12.1. The predicted octanol–water partition coefficient (Wildman–Crippen LogP) is 4.51. The second kappa shape index (κ2) is 5.84. The summed E-state index contributed by atoms with van der Waals surface area (Å²) in [7, 11) is 1.97. The number of fused-ring (bicyclic) bond motifs is 1. The Hall–Kier alpha value is -1.90. The molecular weight excluding hydrogens is 280 g/mol. The summed E-state index contributed by atoms with van der Waals surface area (Å²) in [5, 5.41) is 6.52. The Kier molecular flexibility index (Phi) is 3.91. The standard InChI is InChI=1S/C18H17ClN2/c1-12-8-14(10-15(19)9-12)18(20-2)16-5-3-4-13-6-7-21-11-17(13)16/h3-11,18,20H,1-2H3. The van der Waals surface area contributed by atoms with Crippen LogP contribution >= 0.6 is 11.6 Å². The molecule has 3 heteroatoms. The van der Waals surface area contributed by atoms with Crippen LogP contribution in [0.4, 0.5) is 0 Å². The number of aryl methyl sites for hydroxylation is 1. The Morgan fingerprint density at radius 2 is 2.00 bits per heavy atom. The van der Waals surface area contributed by atoms with Gasteiger partial charge >= 0.3 is 0 Å². The van der Waals surface area contributed by atoms with E-state index >= 15 is 0 Å². The number of hydrogen-bond donors (Lipinski definition) is 1. The van der Waals surface area contributed by atoms with Gasteiger partial charge in [0, 0.05) is 22.8 Å². The van der Waals surface area contributed by atoms with Gasteiger partial charge < -0.3 is 5.32 Å². The van der Waals surface area contributed by atoms with Crippen molar-refractivity contribution in [3.63, 3.8) is 0 Å². The van der Waals surface area contributed by atoms with Crippen LogP contribution in [0, 0.1) is 6.92 Å². The Labute approximate surface area is 129 Å². The van der Waals surface area contributed by atoms with Crippen LogP contribution in [0.25, 0.3) is 10.8 Å². The van der Waals surface area contributed by atoms with E-state index in [1.165, 1.54) is 16.5 Å². The zero-order valence-corrected chi connectivity index (χ0v) is 12.9. The molecule has 0 spiro atoms. The smallest absolute Gasteiger partial charge is 0.0581 e. The molecule has 106 valence electrons. The average molecular weight is 297 g/mol. The molecule has 1 unspecified atom stereocenters. The van der Waals surface area contributed by atoms with Crippen molar-refractivity contribution in [2.24, 2.45) is 0 Å². The maximum atomic E-state index is 6.22.